The quantitative estimate of drug-likeness (QED) is 0.544. The summed E-state index contributed by atoms with van der Waals surface area (Å²) in [6, 6.07) is 16.0. The van der Waals surface area contributed by atoms with Crippen LogP contribution in [0.5, 0.6) is 11.5 Å². The molecule has 1 aliphatic rings. The third-order valence-corrected chi connectivity index (χ3v) is 6.56. The van der Waals surface area contributed by atoms with Gasteiger partial charge in [0.25, 0.3) is 5.91 Å². The van der Waals surface area contributed by atoms with Crippen molar-refractivity contribution in [2.24, 2.45) is 0 Å². The second-order valence-electron chi connectivity index (χ2n) is 8.36. The summed E-state index contributed by atoms with van der Waals surface area (Å²) in [7, 11) is 3.18. The van der Waals surface area contributed by atoms with Gasteiger partial charge in [0, 0.05) is 30.9 Å². The number of likely N-dealkylation sites (tertiary alicyclic amines) is 1. The Labute approximate surface area is 190 Å². The Kier molecular flexibility index (Phi) is 6.45. The summed E-state index contributed by atoms with van der Waals surface area (Å²) in [4.78, 5) is 19.7. The van der Waals surface area contributed by atoms with Gasteiger partial charge in [-0.2, -0.15) is 0 Å². The van der Waals surface area contributed by atoms with Gasteiger partial charge in [0.2, 0.25) is 0 Å². The van der Waals surface area contributed by atoms with Gasteiger partial charge in [-0.25, -0.2) is 0 Å². The maximum atomic E-state index is 13.1. The van der Waals surface area contributed by atoms with Gasteiger partial charge in [0.1, 0.15) is 11.5 Å². The monoisotopic (exact) mass is 430 g/mol. The predicted octanol–water partition coefficient (Wildman–Crippen LogP) is 5.40. The molecule has 1 fully saturated rings. The fourth-order valence-corrected chi connectivity index (χ4v) is 4.40. The van der Waals surface area contributed by atoms with Crippen LogP contribution in [-0.4, -0.2) is 43.1 Å². The number of carbonyl (C=O) groups excluding carboxylic acids is 1. The number of carbonyl (C=O) groups is 1. The molecule has 1 saturated heterocycles. The van der Waals surface area contributed by atoms with E-state index >= 15 is 0 Å². The number of pyridine rings is 1. The molecule has 0 saturated carbocycles. The van der Waals surface area contributed by atoms with Crippen LogP contribution in [0.15, 0.2) is 54.7 Å². The van der Waals surface area contributed by atoms with E-state index in [9.17, 15) is 4.79 Å². The van der Waals surface area contributed by atoms with E-state index in [1.807, 2.05) is 11.1 Å². The standard InChI is InChI=1S/C27H30N2O3/c1-18-6-5-7-23(19(18)2)25-11-8-21(17-28-25)20-12-14-29(15-13-20)27(30)24-10-9-22(31-3)16-26(24)32-4/h5-11,16-17,20H,12-15H2,1-4H3. The summed E-state index contributed by atoms with van der Waals surface area (Å²) >= 11 is 0. The second kappa shape index (κ2) is 9.43. The first-order valence-corrected chi connectivity index (χ1v) is 11.1. The van der Waals surface area contributed by atoms with Crippen LogP contribution in [0, 0.1) is 13.8 Å². The molecular formula is C27H30N2O3. The van der Waals surface area contributed by atoms with Crippen LogP contribution in [0.1, 0.15) is 45.8 Å². The van der Waals surface area contributed by atoms with Gasteiger partial charge in [0.15, 0.2) is 0 Å². The number of hydrogen-bond acceptors (Lipinski definition) is 4. The van der Waals surface area contributed by atoms with Gasteiger partial charge >= 0.3 is 0 Å². The Balaban J connectivity index is 1.43. The highest BCUT2D eigenvalue weighted by atomic mass is 16.5. The fourth-order valence-electron chi connectivity index (χ4n) is 4.40. The smallest absolute Gasteiger partial charge is 0.257 e. The first kappa shape index (κ1) is 21.9. The van der Waals surface area contributed by atoms with Crippen molar-refractivity contribution >= 4 is 5.91 Å². The highest BCUT2D eigenvalue weighted by Gasteiger charge is 2.26. The Hall–Kier alpha value is -3.34. The van der Waals surface area contributed by atoms with Gasteiger partial charge < -0.3 is 14.4 Å². The third kappa shape index (κ3) is 4.33. The molecule has 166 valence electrons. The van der Waals surface area contributed by atoms with Crippen molar-refractivity contribution < 1.29 is 14.3 Å². The molecule has 0 radical (unpaired) electrons. The zero-order chi connectivity index (χ0) is 22.7. The predicted molar refractivity (Wildman–Crippen MR) is 127 cm³/mol. The topological polar surface area (TPSA) is 51.7 Å². The molecule has 3 aromatic rings. The minimum Gasteiger partial charge on any atom is -0.497 e. The maximum absolute atomic E-state index is 13.1. The van der Waals surface area contributed by atoms with E-state index < -0.39 is 0 Å². The van der Waals surface area contributed by atoms with E-state index in [1.54, 1.807) is 32.4 Å². The molecule has 0 spiro atoms. The molecule has 32 heavy (non-hydrogen) atoms. The lowest BCUT2D eigenvalue weighted by Gasteiger charge is -2.32. The molecule has 5 nitrogen and oxygen atoms in total. The van der Waals surface area contributed by atoms with Gasteiger partial charge in [-0.3, -0.25) is 9.78 Å². The molecule has 0 aliphatic carbocycles. The molecule has 1 aromatic heterocycles. The van der Waals surface area contributed by atoms with Gasteiger partial charge in [-0.15, -0.1) is 0 Å². The molecule has 1 aliphatic heterocycles. The van der Waals surface area contributed by atoms with E-state index in [-0.39, 0.29) is 5.91 Å². The van der Waals surface area contributed by atoms with Crippen molar-refractivity contribution in [3.05, 3.63) is 77.0 Å². The molecule has 4 rings (SSSR count). The number of ether oxygens (including phenoxy) is 2. The molecule has 2 heterocycles. The Bertz CT molecular complexity index is 1100. The number of benzene rings is 2. The van der Waals surface area contributed by atoms with Crippen LogP contribution in [0.3, 0.4) is 0 Å². The van der Waals surface area contributed by atoms with Crippen molar-refractivity contribution in [1.82, 2.24) is 9.88 Å². The molecule has 0 unspecified atom stereocenters. The summed E-state index contributed by atoms with van der Waals surface area (Å²) in [5.74, 6) is 1.64. The average molecular weight is 431 g/mol. The number of piperidine rings is 1. The van der Waals surface area contributed by atoms with Crippen LogP contribution < -0.4 is 9.47 Å². The average Bonchev–Trinajstić information content (AvgIpc) is 2.85. The number of rotatable bonds is 5. The van der Waals surface area contributed by atoms with Crippen LogP contribution in [0.25, 0.3) is 11.3 Å². The zero-order valence-electron chi connectivity index (χ0n) is 19.2. The molecule has 2 aromatic carbocycles. The molecule has 0 bridgehead atoms. The highest BCUT2D eigenvalue weighted by Crippen LogP contribution is 2.32. The van der Waals surface area contributed by atoms with E-state index in [1.165, 1.54) is 22.3 Å². The summed E-state index contributed by atoms with van der Waals surface area (Å²) in [6.07, 6.45) is 3.86. The Morgan fingerprint density at radius 1 is 1.00 bits per heavy atom. The van der Waals surface area contributed by atoms with Crippen LogP contribution in [-0.2, 0) is 0 Å². The van der Waals surface area contributed by atoms with Crippen LogP contribution >= 0.6 is 0 Å². The number of hydrogen-bond donors (Lipinski definition) is 0. The van der Waals surface area contributed by atoms with Crippen molar-refractivity contribution in [3.8, 4) is 22.8 Å². The van der Waals surface area contributed by atoms with Crippen molar-refractivity contribution in [1.29, 1.82) is 0 Å². The molecule has 0 N–H and O–H groups in total. The molecule has 0 atom stereocenters. The lowest BCUT2D eigenvalue weighted by molar-refractivity contribution is 0.0709. The highest BCUT2D eigenvalue weighted by molar-refractivity contribution is 5.97. The van der Waals surface area contributed by atoms with E-state index in [0.29, 0.717) is 23.0 Å². The first-order chi connectivity index (χ1) is 15.5. The van der Waals surface area contributed by atoms with E-state index in [0.717, 1.165) is 31.6 Å². The summed E-state index contributed by atoms with van der Waals surface area (Å²) in [5.41, 5.74) is 6.56. The van der Waals surface area contributed by atoms with E-state index in [2.05, 4.69) is 44.2 Å². The van der Waals surface area contributed by atoms with Gasteiger partial charge in [-0.05, 0) is 67.5 Å². The summed E-state index contributed by atoms with van der Waals surface area (Å²) < 4.78 is 10.7. The van der Waals surface area contributed by atoms with Gasteiger partial charge in [-0.1, -0.05) is 24.3 Å². The second-order valence-corrected chi connectivity index (χ2v) is 8.36. The fraction of sp³-hybridized carbons (Fsp3) is 0.333. The summed E-state index contributed by atoms with van der Waals surface area (Å²) in [6.45, 7) is 5.71. The third-order valence-electron chi connectivity index (χ3n) is 6.56. The lowest BCUT2D eigenvalue weighted by Crippen LogP contribution is -2.38. The minimum absolute atomic E-state index is 0.00588. The Morgan fingerprint density at radius 3 is 2.44 bits per heavy atom. The zero-order valence-corrected chi connectivity index (χ0v) is 19.2. The number of aromatic nitrogens is 1. The maximum Gasteiger partial charge on any atom is 0.257 e. The SMILES string of the molecule is COc1ccc(C(=O)N2CCC(c3ccc(-c4cccc(C)c4C)nc3)CC2)c(OC)c1. The number of methoxy groups -OCH3 is 2. The van der Waals surface area contributed by atoms with Crippen LogP contribution in [0.2, 0.25) is 0 Å². The van der Waals surface area contributed by atoms with Crippen molar-refractivity contribution in [2.75, 3.05) is 27.3 Å². The molecule has 1 amide bonds. The number of nitrogens with zero attached hydrogens (tertiary/aromatic N) is 2. The van der Waals surface area contributed by atoms with E-state index in [4.69, 9.17) is 14.5 Å². The minimum atomic E-state index is 0.00588. The van der Waals surface area contributed by atoms with Crippen LogP contribution in [0.4, 0.5) is 0 Å². The number of amides is 1. The first-order valence-electron chi connectivity index (χ1n) is 11.1. The van der Waals surface area contributed by atoms with Gasteiger partial charge in [0.05, 0.1) is 25.5 Å². The normalized spacial score (nSPS) is 14.3. The Morgan fingerprint density at radius 2 is 1.78 bits per heavy atom. The summed E-state index contributed by atoms with van der Waals surface area (Å²) in [5, 5.41) is 0. The number of aryl methyl sites for hydroxylation is 1. The molecular weight excluding hydrogens is 400 g/mol. The largest absolute Gasteiger partial charge is 0.497 e. The lowest BCUT2D eigenvalue weighted by atomic mass is 9.89. The van der Waals surface area contributed by atoms with Crippen molar-refractivity contribution in [2.45, 2.75) is 32.6 Å². The van der Waals surface area contributed by atoms with Crippen molar-refractivity contribution in [3.63, 3.8) is 0 Å². The molecule has 5 heteroatoms.